The summed E-state index contributed by atoms with van der Waals surface area (Å²) in [5.41, 5.74) is 0.981. The van der Waals surface area contributed by atoms with Crippen LogP contribution in [0.4, 0.5) is 0 Å². The molecule has 2 rings (SSSR count). The van der Waals surface area contributed by atoms with Crippen LogP contribution in [0.5, 0.6) is 5.75 Å². The summed E-state index contributed by atoms with van der Waals surface area (Å²) in [6.45, 7) is 0. The lowest BCUT2D eigenvalue weighted by Gasteiger charge is -1.95. The first-order chi connectivity index (χ1) is 7.16. The molecule has 15 heavy (non-hydrogen) atoms. The zero-order valence-electron chi connectivity index (χ0n) is 7.54. The number of aromatic hydroxyl groups is 1. The lowest BCUT2D eigenvalue weighted by atomic mass is 10.2. The molecule has 0 fully saturated rings. The molecule has 1 aromatic heterocycles. The van der Waals surface area contributed by atoms with Crippen molar-refractivity contribution in [1.29, 1.82) is 0 Å². The first-order valence-electron chi connectivity index (χ1n) is 4.15. The Bertz CT molecular complexity index is 504. The molecule has 0 saturated heterocycles. The average molecular weight is 205 g/mol. The standard InChI is InChI=1S/C10H7NO4/c12-7-3-1-2-6(4-7)8-5-15-9(11-8)10(13)14/h1-5,12H,(H,13,14). The summed E-state index contributed by atoms with van der Waals surface area (Å²) in [5.74, 6) is -1.50. The van der Waals surface area contributed by atoms with E-state index in [1.165, 1.54) is 18.4 Å². The number of hydrogen-bond acceptors (Lipinski definition) is 4. The molecule has 0 aliphatic rings. The maximum atomic E-state index is 10.5. The number of aromatic carboxylic acids is 1. The summed E-state index contributed by atoms with van der Waals surface area (Å²) < 4.78 is 4.73. The van der Waals surface area contributed by atoms with Crippen molar-refractivity contribution < 1.29 is 19.4 Å². The molecule has 0 spiro atoms. The molecule has 76 valence electrons. The van der Waals surface area contributed by atoms with Crippen LogP contribution in [0.25, 0.3) is 11.3 Å². The van der Waals surface area contributed by atoms with Gasteiger partial charge in [-0.1, -0.05) is 12.1 Å². The van der Waals surface area contributed by atoms with Gasteiger partial charge in [0.15, 0.2) is 0 Å². The van der Waals surface area contributed by atoms with Crippen LogP contribution < -0.4 is 0 Å². The number of aromatic nitrogens is 1. The third-order valence-electron chi connectivity index (χ3n) is 1.83. The molecule has 1 aromatic carbocycles. The van der Waals surface area contributed by atoms with Gasteiger partial charge >= 0.3 is 11.9 Å². The van der Waals surface area contributed by atoms with Crippen LogP contribution in [0.1, 0.15) is 10.7 Å². The molecule has 0 aliphatic carbocycles. The van der Waals surface area contributed by atoms with Crippen LogP contribution in [-0.2, 0) is 0 Å². The van der Waals surface area contributed by atoms with Crippen molar-refractivity contribution in [3.63, 3.8) is 0 Å². The maximum Gasteiger partial charge on any atom is 0.392 e. The van der Waals surface area contributed by atoms with E-state index in [0.29, 0.717) is 11.3 Å². The maximum absolute atomic E-state index is 10.5. The van der Waals surface area contributed by atoms with Crippen molar-refractivity contribution in [3.05, 3.63) is 36.4 Å². The summed E-state index contributed by atoms with van der Waals surface area (Å²) in [7, 11) is 0. The number of rotatable bonds is 2. The number of phenolic OH excluding ortho intramolecular Hbond substituents is 1. The quantitative estimate of drug-likeness (QED) is 0.780. The van der Waals surface area contributed by atoms with Gasteiger partial charge in [-0.15, -0.1) is 0 Å². The predicted molar refractivity (Wildman–Crippen MR) is 50.6 cm³/mol. The first kappa shape index (κ1) is 9.26. The van der Waals surface area contributed by atoms with Crippen molar-refractivity contribution in [3.8, 4) is 17.0 Å². The van der Waals surface area contributed by atoms with Gasteiger partial charge in [0.2, 0.25) is 0 Å². The molecule has 0 bridgehead atoms. The lowest BCUT2D eigenvalue weighted by Crippen LogP contribution is -1.95. The number of oxazole rings is 1. The highest BCUT2D eigenvalue weighted by Gasteiger charge is 2.12. The topological polar surface area (TPSA) is 83.6 Å². The van der Waals surface area contributed by atoms with Gasteiger partial charge in [-0.05, 0) is 12.1 Å². The zero-order chi connectivity index (χ0) is 10.8. The highest BCUT2D eigenvalue weighted by atomic mass is 16.4. The van der Waals surface area contributed by atoms with Crippen LogP contribution in [0.2, 0.25) is 0 Å². The molecular weight excluding hydrogens is 198 g/mol. The molecule has 5 heteroatoms. The van der Waals surface area contributed by atoms with Gasteiger partial charge in [0, 0.05) is 5.56 Å². The number of carboxylic acid groups (broad SMARTS) is 1. The number of carboxylic acids is 1. The van der Waals surface area contributed by atoms with E-state index in [-0.39, 0.29) is 11.6 Å². The Hall–Kier alpha value is -2.30. The van der Waals surface area contributed by atoms with E-state index in [2.05, 4.69) is 4.98 Å². The SMILES string of the molecule is O=C(O)c1nc(-c2cccc(O)c2)co1. The average Bonchev–Trinajstić information content (AvgIpc) is 2.66. The normalized spacial score (nSPS) is 10.1. The second kappa shape index (κ2) is 3.45. The van der Waals surface area contributed by atoms with E-state index in [0.717, 1.165) is 0 Å². The zero-order valence-corrected chi connectivity index (χ0v) is 7.54. The van der Waals surface area contributed by atoms with Crippen LogP contribution in [0.15, 0.2) is 34.9 Å². The lowest BCUT2D eigenvalue weighted by molar-refractivity contribution is 0.0653. The Balaban J connectivity index is 2.41. The Morgan fingerprint density at radius 2 is 2.20 bits per heavy atom. The van der Waals surface area contributed by atoms with Gasteiger partial charge < -0.3 is 14.6 Å². The third kappa shape index (κ3) is 1.80. The smallest absolute Gasteiger partial charge is 0.392 e. The molecule has 0 unspecified atom stereocenters. The molecule has 5 nitrogen and oxygen atoms in total. The van der Waals surface area contributed by atoms with E-state index in [1.54, 1.807) is 12.1 Å². The fraction of sp³-hybridized carbons (Fsp3) is 0. The summed E-state index contributed by atoms with van der Waals surface area (Å²) in [6, 6.07) is 6.33. The molecular formula is C10H7NO4. The number of benzene rings is 1. The fourth-order valence-corrected chi connectivity index (χ4v) is 1.17. The molecule has 0 aliphatic heterocycles. The minimum absolute atomic E-state index is 0.0902. The van der Waals surface area contributed by atoms with Gasteiger partial charge in [-0.2, -0.15) is 0 Å². The van der Waals surface area contributed by atoms with Gasteiger partial charge in [0.05, 0.1) is 0 Å². The fourth-order valence-electron chi connectivity index (χ4n) is 1.17. The van der Waals surface area contributed by atoms with Crippen LogP contribution >= 0.6 is 0 Å². The van der Waals surface area contributed by atoms with Crippen molar-refractivity contribution in [2.75, 3.05) is 0 Å². The molecule has 0 radical (unpaired) electrons. The summed E-state index contributed by atoms with van der Waals surface area (Å²) in [6.07, 6.45) is 1.23. The third-order valence-corrected chi connectivity index (χ3v) is 1.83. The highest BCUT2D eigenvalue weighted by molar-refractivity contribution is 5.83. The summed E-state index contributed by atoms with van der Waals surface area (Å²) in [5, 5.41) is 17.8. The number of nitrogens with zero attached hydrogens (tertiary/aromatic N) is 1. The molecule has 0 atom stereocenters. The van der Waals surface area contributed by atoms with E-state index >= 15 is 0 Å². The second-order valence-electron chi connectivity index (χ2n) is 2.89. The van der Waals surface area contributed by atoms with E-state index in [4.69, 9.17) is 9.52 Å². The van der Waals surface area contributed by atoms with Gasteiger partial charge in [0.1, 0.15) is 17.7 Å². The monoisotopic (exact) mass is 205 g/mol. The number of phenols is 1. The summed E-state index contributed by atoms with van der Waals surface area (Å²) >= 11 is 0. The Kier molecular flexibility index (Phi) is 2.13. The van der Waals surface area contributed by atoms with Crippen LogP contribution in [0.3, 0.4) is 0 Å². The molecule has 1 heterocycles. The molecule has 0 saturated carbocycles. The van der Waals surface area contributed by atoms with E-state index in [9.17, 15) is 9.90 Å². The second-order valence-corrected chi connectivity index (χ2v) is 2.89. The van der Waals surface area contributed by atoms with Crippen molar-refractivity contribution in [2.24, 2.45) is 0 Å². The van der Waals surface area contributed by atoms with Crippen LogP contribution in [0, 0.1) is 0 Å². The Labute approximate surface area is 84.6 Å². The molecule has 0 amide bonds. The largest absolute Gasteiger partial charge is 0.508 e. The first-order valence-corrected chi connectivity index (χ1v) is 4.15. The van der Waals surface area contributed by atoms with Crippen molar-refractivity contribution in [1.82, 2.24) is 4.98 Å². The molecule has 2 N–H and O–H groups in total. The van der Waals surface area contributed by atoms with Crippen LogP contribution in [-0.4, -0.2) is 21.2 Å². The molecule has 2 aromatic rings. The number of carbonyl (C=O) groups is 1. The van der Waals surface area contributed by atoms with Gasteiger partial charge in [0.25, 0.3) is 0 Å². The van der Waals surface area contributed by atoms with Gasteiger partial charge in [-0.25, -0.2) is 9.78 Å². The Morgan fingerprint density at radius 1 is 1.40 bits per heavy atom. The van der Waals surface area contributed by atoms with Gasteiger partial charge in [-0.3, -0.25) is 0 Å². The summed E-state index contributed by atoms with van der Waals surface area (Å²) in [4.78, 5) is 14.3. The predicted octanol–water partition coefficient (Wildman–Crippen LogP) is 1.75. The minimum atomic E-state index is -1.22. The van der Waals surface area contributed by atoms with E-state index < -0.39 is 5.97 Å². The van der Waals surface area contributed by atoms with Crippen molar-refractivity contribution in [2.45, 2.75) is 0 Å². The minimum Gasteiger partial charge on any atom is -0.508 e. The Morgan fingerprint density at radius 3 is 2.80 bits per heavy atom. The highest BCUT2D eigenvalue weighted by Crippen LogP contribution is 2.22. The van der Waals surface area contributed by atoms with E-state index in [1.807, 2.05) is 0 Å². The number of hydrogen-bond donors (Lipinski definition) is 2. The van der Waals surface area contributed by atoms with Crippen molar-refractivity contribution >= 4 is 5.97 Å².